The van der Waals surface area contributed by atoms with Crippen LogP contribution in [0.3, 0.4) is 0 Å². The van der Waals surface area contributed by atoms with Crippen LogP contribution in [0.5, 0.6) is 5.75 Å². The fourth-order valence-electron chi connectivity index (χ4n) is 5.22. The molecule has 0 radical (unpaired) electrons. The van der Waals surface area contributed by atoms with Gasteiger partial charge < -0.3 is 14.6 Å². The monoisotopic (exact) mass is 500 g/mol. The van der Waals surface area contributed by atoms with E-state index in [1.54, 1.807) is 26.3 Å². The molecule has 1 N–H and O–H groups in total. The van der Waals surface area contributed by atoms with E-state index in [4.69, 9.17) is 4.74 Å². The zero-order valence-corrected chi connectivity index (χ0v) is 20.3. The van der Waals surface area contributed by atoms with E-state index in [9.17, 15) is 14.0 Å². The predicted octanol–water partition coefficient (Wildman–Crippen LogP) is 4.50. The Morgan fingerprint density at radius 1 is 0.892 bits per heavy atom. The normalized spacial score (nSPS) is 14.2. The second-order valence-electron chi connectivity index (χ2n) is 8.96. The Balaban J connectivity index is 1.85. The number of fused-ring (bicyclic) bond motifs is 5. The van der Waals surface area contributed by atoms with Crippen molar-refractivity contribution in [1.29, 1.82) is 0 Å². The summed E-state index contributed by atoms with van der Waals surface area (Å²) in [7, 11) is 4.56. The molecular formula is C28H22F2N4O3. The Morgan fingerprint density at radius 3 is 2.35 bits per heavy atom. The Hall–Kier alpha value is -4.66. The number of benzene rings is 3. The van der Waals surface area contributed by atoms with Crippen LogP contribution in [0.1, 0.15) is 17.3 Å². The molecule has 2 aromatic heterocycles. The summed E-state index contributed by atoms with van der Waals surface area (Å²) in [5.41, 5.74) is 2.47. The molecule has 0 aliphatic carbocycles. The lowest BCUT2D eigenvalue weighted by atomic mass is 9.98. The summed E-state index contributed by atoms with van der Waals surface area (Å²) in [6, 6.07) is 17.7. The van der Waals surface area contributed by atoms with Crippen LogP contribution in [0.25, 0.3) is 27.8 Å². The number of hydrogen-bond donors (Lipinski definition) is 1. The number of nitrogens with zero attached hydrogens (tertiary/aromatic N) is 3. The molecule has 1 atom stereocenters. The van der Waals surface area contributed by atoms with Crippen molar-refractivity contribution in [2.75, 3.05) is 12.4 Å². The van der Waals surface area contributed by atoms with Crippen LogP contribution in [0.15, 0.2) is 76.3 Å². The molecule has 6 rings (SSSR count). The zero-order chi connectivity index (χ0) is 26.0. The number of aromatic nitrogens is 3. The minimum absolute atomic E-state index is 0.0598. The Kier molecular flexibility index (Phi) is 5.04. The first kappa shape index (κ1) is 22.8. The number of hydrogen-bond acceptors (Lipinski definition) is 4. The van der Waals surface area contributed by atoms with E-state index in [0.717, 1.165) is 10.6 Å². The second kappa shape index (κ2) is 8.19. The molecule has 3 aromatic carbocycles. The Labute approximate surface area is 209 Å². The molecule has 0 saturated heterocycles. The van der Waals surface area contributed by atoms with Gasteiger partial charge in [-0.05, 0) is 48.0 Å². The van der Waals surface area contributed by atoms with E-state index in [1.807, 2.05) is 41.0 Å². The van der Waals surface area contributed by atoms with Crippen molar-refractivity contribution >= 4 is 16.6 Å². The van der Waals surface area contributed by atoms with E-state index in [2.05, 4.69) is 5.32 Å². The molecule has 1 aliphatic heterocycles. The zero-order valence-electron chi connectivity index (χ0n) is 20.3. The maximum atomic E-state index is 15.2. The van der Waals surface area contributed by atoms with Crippen LogP contribution in [-0.2, 0) is 14.1 Å². The third-order valence-electron chi connectivity index (χ3n) is 6.98. The highest BCUT2D eigenvalue weighted by molar-refractivity contribution is 5.99. The summed E-state index contributed by atoms with van der Waals surface area (Å²) < 4.78 is 39.2. The van der Waals surface area contributed by atoms with Crippen molar-refractivity contribution in [2.45, 2.75) is 6.04 Å². The molecule has 0 spiro atoms. The molecule has 5 aromatic rings. The third-order valence-corrected chi connectivity index (χ3v) is 6.98. The standard InChI is InChI=1S/C28H22F2N4O3/c1-32-25-21(27(35)33(2)28(32)36)24(15-11-13-16(37-3)14-12-15)34-20-10-5-4-9-19(20)31-23(26(25)34)17-7-6-8-18(29)22(17)30/h4-14,23,31H,1-3H3/t23-/m1/s1. The number of para-hydroxylation sites is 2. The van der Waals surface area contributed by atoms with E-state index in [-0.39, 0.29) is 5.56 Å². The highest BCUT2D eigenvalue weighted by Gasteiger charge is 2.36. The van der Waals surface area contributed by atoms with Crippen LogP contribution < -0.4 is 21.3 Å². The van der Waals surface area contributed by atoms with Gasteiger partial charge in [0.1, 0.15) is 5.75 Å². The molecule has 9 heteroatoms. The van der Waals surface area contributed by atoms with E-state index < -0.39 is 28.9 Å². The SMILES string of the molecule is COc1ccc(-c2c3c(=O)n(C)c(=O)n(C)c3c3n2-c2ccccc2N[C@@H]3c2cccc(F)c2F)cc1. The van der Waals surface area contributed by atoms with Crippen LogP contribution in [0, 0.1) is 11.6 Å². The van der Waals surface area contributed by atoms with Gasteiger partial charge in [0, 0.05) is 19.7 Å². The maximum Gasteiger partial charge on any atom is 0.331 e. The van der Waals surface area contributed by atoms with Crippen molar-refractivity contribution in [3.63, 3.8) is 0 Å². The minimum atomic E-state index is -1.000. The lowest BCUT2D eigenvalue weighted by Crippen LogP contribution is -2.37. The number of halogens is 2. The van der Waals surface area contributed by atoms with Crippen LogP contribution in [0.2, 0.25) is 0 Å². The maximum absolute atomic E-state index is 15.2. The first-order valence-corrected chi connectivity index (χ1v) is 11.6. The number of nitrogens with one attached hydrogen (secondary N) is 1. The van der Waals surface area contributed by atoms with E-state index in [1.165, 1.54) is 23.7 Å². The molecule has 0 fully saturated rings. The predicted molar refractivity (Wildman–Crippen MR) is 138 cm³/mol. The topological polar surface area (TPSA) is 70.2 Å². The Morgan fingerprint density at radius 2 is 1.62 bits per heavy atom. The van der Waals surface area contributed by atoms with Gasteiger partial charge in [-0.3, -0.25) is 13.9 Å². The van der Waals surface area contributed by atoms with Crippen molar-refractivity contribution < 1.29 is 13.5 Å². The van der Waals surface area contributed by atoms with Gasteiger partial charge in [0.2, 0.25) is 0 Å². The molecule has 0 bridgehead atoms. The summed E-state index contributed by atoms with van der Waals surface area (Å²) in [4.78, 5) is 26.7. The van der Waals surface area contributed by atoms with Gasteiger partial charge >= 0.3 is 5.69 Å². The fraction of sp³-hybridized carbons (Fsp3) is 0.143. The number of methoxy groups -OCH3 is 1. The van der Waals surface area contributed by atoms with Gasteiger partial charge in [0.05, 0.1) is 46.8 Å². The summed E-state index contributed by atoms with van der Waals surface area (Å²) in [6.07, 6.45) is 0. The van der Waals surface area contributed by atoms with Crippen molar-refractivity contribution in [3.8, 4) is 22.7 Å². The molecule has 7 nitrogen and oxygen atoms in total. The highest BCUT2D eigenvalue weighted by Crippen LogP contribution is 2.46. The number of rotatable bonds is 3. The Bertz CT molecular complexity index is 1830. The van der Waals surface area contributed by atoms with Crippen LogP contribution in [0.4, 0.5) is 14.5 Å². The molecular weight excluding hydrogens is 478 g/mol. The lowest BCUT2D eigenvalue weighted by molar-refractivity contribution is 0.415. The summed E-state index contributed by atoms with van der Waals surface area (Å²) in [6.45, 7) is 0. The van der Waals surface area contributed by atoms with Gasteiger partial charge in [-0.1, -0.05) is 24.3 Å². The van der Waals surface area contributed by atoms with Crippen molar-refractivity contribution in [3.05, 3.63) is 110 Å². The van der Waals surface area contributed by atoms with E-state index >= 15 is 4.39 Å². The van der Waals surface area contributed by atoms with Crippen LogP contribution >= 0.6 is 0 Å². The molecule has 3 heterocycles. The summed E-state index contributed by atoms with van der Waals surface area (Å²) in [5.74, 6) is -1.35. The van der Waals surface area contributed by atoms with Gasteiger partial charge in [0.25, 0.3) is 5.56 Å². The van der Waals surface area contributed by atoms with Gasteiger partial charge in [-0.25, -0.2) is 13.6 Å². The van der Waals surface area contributed by atoms with Gasteiger partial charge in [-0.15, -0.1) is 0 Å². The quantitative estimate of drug-likeness (QED) is 0.396. The average Bonchev–Trinajstić information content (AvgIpc) is 3.28. The molecule has 37 heavy (non-hydrogen) atoms. The molecule has 1 aliphatic rings. The third kappa shape index (κ3) is 3.16. The first-order chi connectivity index (χ1) is 17.8. The number of anilines is 1. The first-order valence-electron chi connectivity index (χ1n) is 11.6. The van der Waals surface area contributed by atoms with Gasteiger partial charge in [0.15, 0.2) is 11.6 Å². The highest BCUT2D eigenvalue weighted by atomic mass is 19.2. The number of aryl methyl sites for hydroxylation is 1. The summed E-state index contributed by atoms with van der Waals surface area (Å²) >= 11 is 0. The number of ether oxygens (including phenoxy) is 1. The van der Waals surface area contributed by atoms with Gasteiger partial charge in [-0.2, -0.15) is 0 Å². The van der Waals surface area contributed by atoms with Crippen LogP contribution in [-0.4, -0.2) is 20.8 Å². The smallest absolute Gasteiger partial charge is 0.331 e. The van der Waals surface area contributed by atoms with Crippen molar-refractivity contribution in [1.82, 2.24) is 13.7 Å². The molecule has 0 amide bonds. The molecule has 0 saturated carbocycles. The lowest BCUT2D eigenvalue weighted by Gasteiger charge is -2.31. The average molecular weight is 501 g/mol. The molecule has 0 unspecified atom stereocenters. The summed E-state index contributed by atoms with van der Waals surface area (Å²) in [5, 5.41) is 3.62. The van der Waals surface area contributed by atoms with E-state index in [0.29, 0.717) is 45.0 Å². The molecule has 186 valence electrons. The second-order valence-corrected chi connectivity index (χ2v) is 8.96. The van der Waals surface area contributed by atoms with Crippen molar-refractivity contribution in [2.24, 2.45) is 14.1 Å². The minimum Gasteiger partial charge on any atom is -0.497 e. The fourth-order valence-corrected chi connectivity index (χ4v) is 5.22. The largest absolute Gasteiger partial charge is 0.497 e.